The van der Waals surface area contributed by atoms with Crippen molar-refractivity contribution in [1.29, 1.82) is 0 Å². The van der Waals surface area contributed by atoms with E-state index >= 15 is 0 Å². The first-order valence-corrected chi connectivity index (χ1v) is 7.26. The van der Waals surface area contributed by atoms with Crippen LogP contribution in [0.15, 0.2) is 59.6 Å². The van der Waals surface area contributed by atoms with Crippen LogP contribution in [-0.4, -0.2) is 19.0 Å². The number of carbonyl (C=O) groups is 2. The maximum atomic E-state index is 11.6. The zero-order chi connectivity index (χ0) is 16.1. The number of halogens is 1. The molecule has 0 saturated heterocycles. The van der Waals surface area contributed by atoms with Crippen molar-refractivity contribution in [3.05, 3.63) is 65.2 Å². The average molecular weight is 360 g/mol. The lowest BCUT2D eigenvalue weighted by Crippen LogP contribution is -2.06. The van der Waals surface area contributed by atoms with E-state index in [0.717, 1.165) is 15.6 Å². The Bertz CT molecular complexity index is 723. The Labute approximate surface area is 136 Å². The monoisotopic (exact) mass is 359 g/mol. The van der Waals surface area contributed by atoms with Gasteiger partial charge in [-0.15, -0.1) is 0 Å². The second-order valence-corrected chi connectivity index (χ2v) is 5.31. The average Bonchev–Trinajstić information content (AvgIpc) is 2.55. The van der Waals surface area contributed by atoms with Crippen LogP contribution in [0.25, 0.3) is 11.1 Å². The Balaban J connectivity index is 2.33. The van der Waals surface area contributed by atoms with Crippen molar-refractivity contribution in [3.8, 4) is 11.1 Å². The number of amides is 1. The molecule has 0 spiro atoms. The van der Waals surface area contributed by atoms with Gasteiger partial charge in [0.2, 0.25) is 5.91 Å². The van der Waals surface area contributed by atoms with Crippen molar-refractivity contribution in [2.45, 2.75) is 0 Å². The van der Waals surface area contributed by atoms with Gasteiger partial charge in [0.1, 0.15) is 0 Å². The minimum absolute atomic E-state index is 0.262. The molecule has 0 radical (unpaired) electrons. The van der Waals surface area contributed by atoms with E-state index in [1.807, 2.05) is 12.1 Å². The van der Waals surface area contributed by atoms with E-state index in [1.165, 1.54) is 13.2 Å². The van der Waals surface area contributed by atoms with Crippen LogP contribution in [0.4, 0.5) is 5.69 Å². The molecule has 0 atom stereocenters. The molecule has 0 saturated carbocycles. The number of ether oxygens (including phenoxy) is 1. The molecule has 0 unspecified atom stereocenters. The molecule has 0 aromatic heterocycles. The molecule has 1 N–H and O–H groups in total. The number of nitrogens with one attached hydrogen (secondary N) is 1. The maximum Gasteiger partial charge on any atom is 0.337 e. The fraction of sp³-hybridized carbons (Fsp3) is 0.0588. The van der Waals surface area contributed by atoms with E-state index in [-0.39, 0.29) is 11.9 Å². The van der Waals surface area contributed by atoms with E-state index in [9.17, 15) is 9.59 Å². The molecule has 2 aromatic rings. The molecule has 112 valence electrons. The quantitative estimate of drug-likeness (QED) is 0.662. The van der Waals surface area contributed by atoms with Crippen LogP contribution in [0.5, 0.6) is 0 Å². The van der Waals surface area contributed by atoms with Crippen LogP contribution in [0.1, 0.15) is 10.4 Å². The van der Waals surface area contributed by atoms with Gasteiger partial charge in [0.05, 0.1) is 12.7 Å². The van der Waals surface area contributed by atoms with Gasteiger partial charge in [-0.25, -0.2) is 4.79 Å². The van der Waals surface area contributed by atoms with Crippen molar-refractivity contribution in [3.63, 3.8) is 0 Å². The molecule has 0 aliphatic heterocycles. The van der Waals surface area contributed by atoms with Crippen LogP contribution in [0.2, 0.25) is 0 Å². The first-order valence-electron chi connectivity index (χ1n) is 6.47. The summed E-state index contributed by atoms with van der Waals surface area (Å²) in [5, 5.41) is 2.68. The topological polar surface area (TPSA) is 55.4 Å². The Kier molecular flexibility index (Phi) is 5.12. The Morgan fingerprint density at radius 1 is 1.18 bits per heavy atom. The fourth-order valence-electron chi connectivity index (χ4n) is 1.92. The van der Waals surface area contributed by atoms with Gasteiger partial charge >= 0.3 is 5.97 Å². The number of hydrogen-bond acceptors (Lipinski definition) is 3. The van der Waals surface area contributed by atoms with Gasteiger partial charge in [0.15, 0.2) is 0 Å². The molecular formula is C17H14BrNO3. The minimum Gasteiger partial charge on any atom is -0.465 e. The third-order valence-corrected chi connectivity index (χ3v) is 3.73. The highest BCUT2D eigenvalue weighted by Gasteiger charge is 2.10. The van der Waals surface area contributed by atoms with Gasteiger partial charge < -0.3 is 10.1 Å². The molecular weight excluding hydrogens is 346 g/mol. The van der Waals surface area contributed by atoms with E-state index in [0.29, 0.717) is 11.3 Å². The zero-order valence-electron chi connectivity index (χ0n) is 11.9. The summed E-state index contributed by atoms with van der Waals surface area (Å²) in [7, 11) is 1.35. The standard InChI is InChI=1S/C17H14BrNO3/c1-3-16(20)19-13-7-4-11(5-8-13)14-10-12(17(21)22-2)6-9-15(14)18/h3-10H,1H2,2H3,(H,19,20). The summed E-state index contributed by atoms with van der Waals surface area (Å²) >= 11 is 3.47. The predicted molar refractivity (Wildman–Crippen MR) is 89.7 cm³/mol. The van der Waals surface area contributed by atoms with Crippen molar-refractivity contribution in [2.75, 3.05) is 12.4 Å². The number of rotatable bonds is 4. The number of hydrogen-bond donors (Lipinski definition) is 1. The largest absolute Gasteiger partial charge is 0.465 e. The lowest BCUT2D eigenvalue weighted by Gasteiger charge is -2.09. The molecule has 4 nitrogen and oxygen atoms in total. The molecule has 0 heterocycles. The molecule has 22 heavy (non-hydrogen) atoms. The molecule has 0 aliphatic rings. The summed E-state index contributed by atoms with van der Waals surface area (Å²) in [6.07, 6.45) is 1.21. The van der Waals surface area contributed by atoms with Crippen molar-refractivity contribution in [1.82, 2.24) is 0 Å². The van der Waals surface area contributed by atoms with Crippen molar-refractivity contribution >= 4 is 33.5 Å². The number of anilines is 1. The number of benzene rings is 2. The highest BCUT2D eigenvalue weighted by molar-refractivity contribution is 9.10. The second kappa shape index (κ2) is 7.04. The summed E-state index contributed by atoms with van der Waals surface area (Å²) in [5.74, 6) is -0.648. The predicted octanol–water partition coefficient (Wildman–Crippen LogP) is 4.03. The molecule has 0 aliphatic carbocycles. The van der Waals surface area contributed by atoms with E-state index in [2.05, 4.69) is 27.8 Å². The zero-order valence-corrected chi connectivity index (χ0v) is 13.5. The lowest BCUT2D eigenvalue weighted by molar-refractivity contribution is -0.111. The lowest BCUT2D eigenvalue weighted by atomic mass is 10.0. The summed E-state index contributed by atoms with van der Waals surface area (Å²) in [6.45, 7) is 3.41. The normalized spacial score (nSPS) is 9.91. The highest BCUT2D eigenvalue weighted by Crippen LogP contribution is 2.30. The SMILES string of the molecule is C=CC(=O)Nc1ccc(-c2cc(C(=O)OC)ccc2Br)cc1. The first-order chi connectivity index (χ1) is 10.5. The van der Waals surface area contributed by atoms with Gasteiger partial charge in [-0.05, 0) is 47.5 Å². The van der Waals surface area contributed by atoms with E-state index in [4.69, 9.17) is 4.74 Å². The third kappa shape index (κ3) is 3.62. The Morgan fingerprint density at radius 2 is 1.86 bits per heavy atom. The second-order valence-electron chi connectivity index (χ2n) is 4.46. The number of methoxy groups -OCH3 is 1. The van der Waals surface area contributed by atoms with E-state index in [1.54, 1.807) is 30.3 Å². The summed E-state index contributed by atoms with van der Waals surface area (Å²) in [6, 6.07) is 12.5. The van der Waals surface area contributed by atoms with Crippen LogP contribution >= 0.6 is 15.9 Å². The van der Waals surface area contributed by atoms with Crippen LogP contribution in [-0.2, 0) is 9.53 Å². The van der Waals surface area contributed by atoms with Crippen LogP contribution < -0.4 is 5.32 Å². The summed E-state index contributed by atoms with van der Waals surface area (Å²) in [5.41, 5.74) is 2.93. The molecule has 0 bridgehead atoms. The van der Waals surface area contributed by atoms with Crippen molar-refractivity contribution in [2.24, 2.45) is 0 Å². The Hall–Kier alpha value is -2.40. The number of carbonyl (C=O) groups excluding carboxylic acids is 2. The first kappa shape index (κ1) is 16.0. The van der Waals surface area contributed by atoms with Crippen LogP contribution in [0.3, 0.4) is 0 Å². The van der Waals surface area contributed by atoms with Gasteiger partial charge in [-0.2, -0.15) is 0 Å². The maximum absolute atomic E-state index is 11.6. The van der Waals surface area contributed by atoms with E-state index < -0.39 is 0 Å². The Morgan fingerprint density at radius 3 is 2.45 bits per heavy atom. The summed E-state index contributed by atoms with van der Waals surface area (Å²) in [4.78, 5) is 22.9. The van der Waals surface area contributed by atoms with Gasteiger partial charge in [0, 0.05) is 10.2 Å². The minimum atomic E-state index is -0.386. The molecule has 1 amide bonds. The third-order valence-electron chi connectivity index (χ3n) is 3.04. The molecule has 2 rings (SSSR count). The smallest absolute Gasteiger partial charge is 0.337 e. The fourth-order valence-corrected chi connectivity index (χ4v) is 2.39. The highest BCUT2D eigenvalue weighted by atomic mass is 79.9. The molecule has 0 fully saturated rings. The molecule has 2 aromatic carbocycles. The number of esters is 1. The van der Waals surface area contributed by atoms with Gasteiger partial charge in [-0.1, -0.05) is 34.6 Å². The van der Waals surface area contributed by atoms with Crippen molar-refractivity contribution < 1.29 is 14.3 Å². The van der Waals surface area contributed by atoms with Gasteiger partial charge in [0.25, 0.3) is 0 Å². The van der Waals surface area contributed by atoms with Crippen LogP contribution in [0, 0.1) is 0 Å². The summed E-state index contributed by atoms with van der Waals surface area (Å²) < 4.78 is 5.60. The van der Waals surface area contributed by atoms with Gasteiger partial charge in [-0.3, -0.25) is 4.79 Å². The molecule has 5 heteroatoms.